The van der Waals surface area contributed by atoms with Crippen LogP contribution in [0, 0.1) is 0 Å². The zero-order valence-electron chi connectivity index (χ0n) is 15.3. The number of hydrogen-bond donors (Lipinski definition) is 0. The zero-order valence-corrected chi connectivity index (χ0v) is 15.3. The molecule has 1 saturated heterocycles. The van der Waals surface area contributed by atoms with Gasteiger partial charge in [0.05, 0.1) is 17.4 Å². The van der Waals surface area contributed by atoms with E-state index in [0.717, 1.165) is 12.2 Å². The Kier molecular flexibility index (Phi) is 5.51. The molecule has 0 N–H and O–H groups in total. The van der Waals surface area contributed by atoms with Gasteiger partial charge < -0.3 is 14.7 Å². The molecule has 6 nitrogen and oxygen atoms in total. The number of amides is 2. The number of nitrogens with zero attached hydrogens (tertiary/aromatic N) is 4. The Labute approximate surface area is 154 Å². The molecule has 0 saturated carbocycles. The van der Waals surface area contributed by atoms with E-state index in [1.165, 1.54) is 5.56 Å². The minimum atomic E-state index is -0.0318. The highest BCUT2D eigenvalue weighted by molar-refractivity contribution is 5.95. The first kappa shape index (κ1) is 17.9. The van der Waals surface area contributed by atoms with Crippen LogP contribution in [0.5, 0.6) is 0 Å². The molecule has 0 unspecified atom stereocenters. The molecule has 136 valence electrons. The summed E-state index contributed by atoms with van der Waals surface area (Å²) in [5.74, 6) is 0.0268. The molecule has 1 aromatic heterocycles. The van der Waals surface area contributed by atoms with Crippen molar-refractivity contribution in [2.45, 2.75) is 13.5 Å². The minimum absolute atomic E-state index is 0.0318. The molecule has 0 atom stereocenters. The van der Waals surface area contributed by atoms with Gasteiger partial charge in [0.1, 0.15) is 0 Å². The van der Waals surface area contributed by atoms with Crippen LogP contribution in [0.2, 0.25) is 0 Å². The zero-order chi connectivity index (χ0) is 18.5. The molecule has 0 spiro atoms. The van der Waals surface area contributed by atoms with Gasteiger partial charge >= 0.3 is 0 Å². The van der Waals surface area contributed by atoms with Crippen LogP contribution in [-0.2, 0) is 11.3 Å². The summed E-state index contributed by atoms with van der Waals surface area (Å²) in [6.07, 6.45) is 3.38. The second-order valence-electron chi connectivity index (χ2n) is 6.57. The number of hydrogen-bond acceptors (Lipinski definition) is 4. The number of pyridine rings is 1. The third-order valence-electron chi connectivity index (χ3n) is 4.69. The predicted octanol–water partition coefficient (Wildman–Crippen LogP) is 2.02. The van der Waals surface area contributed by atoms with Gasteiger partial charge in [0, 0.05) is 52.9 Å². The fourth-order valence-corrected chi connectivity index (χ4v) is 3.11. The molecule has 2 heterocycles. The largest absolute Gasteiger partial charge is 0.369 e. The van der Waals surface area contributed by atoms with Gasteiger partial charge in [-0.25, -0.2) is 0 Å². The number of piperazine rings is 1. The molecule has 1 aromatic carbocycles. The van der Waals surface area contributed by atoms with Crippen LogP contribution in [0.15, 0.2) is 48.8 Å². The normalized spacial score (nSPS) is 14.2. The summed E-state index contributed by atoms with van der Waals surface area (Å²) >= 11 is 0. The maximum absolute atomic E-state index is 12.8. The number of aromatic nitrogens is 1. The van der Waals surface area contributed by atoms with E-state index in [-0.39, 0.29) is 11.8 Å². The van der Waals surface area contributed by atoms with Gasteiger partial charge in [0.2, 0.25) is 5.91 Å². The second kappa shape index (κ2) is 7.99. The first-order valence-corrected chi connectivity index (χ1v) is 8.79. The SMILES string of the molecule is CC(=O)N1CCN(C(=O)c2cncc(N(C)Cc3ccccc3)c2)CC1. The number of anilines is 1. The summed E-state index contributed by atoms with van der Waals surface area (Å²) in [6, 6.07) is 12.1. The van der Waals surface area contributed by atoms with E-state index in [2.05, 4.69) is 22.0 Å². The maximum atomic E-state index is 12.8. The average Bonchev–Trinajstić information content (AvgIpc) is 2.68. The van der Waals surface area contributed by atoms with Crippen LogP contribution in [0.4, 0.5) is 5.69 Å². The van der Waals surface area contributed by atoms with Crippen molar-refractivity contribution in [3.63, 3.8) is 0 Å². The molecular formula is C20H24N4O2. The van der Waals surface area contributed by atoms with Gasteiger partial charge in [-0.05, 0) is 11.6 Å². The number of carbonyl (C=O) groups is 2. The molecular weight excluding hydrogens is 328 g/mol. The van der Waals surface area contributed by atoms with Gasteiger partial charge in [-0.3, -0.25) is 14.6 Å². The number of rotatable bonds is 4. The lowest BCUT2D eigenvalue weighted by atomic mass is 10.2. The van der Waals surface area contributed by atoms with E-state index >= 15 is 0 Å². The summed E-state index contributed by atoms with van der Waals surface area (Å²) in [7, 11) is 1.99. The highest BCUT2D eigenvalue weighted by Crippen LogP contribution is 2.17. The average molecular weight is 352 g/mol. The standard InChI is InChI=1S/C20H24N4O2/c1-16(25)23-8-10-24(11-9-23)20(26)18-12-19(14-21-13-18)22(2)15-17-6-4-3-5-7-17/h3-7,12-14H,8-11,15H2,1-2H3. The van der Waals surface area contributed by atoms with Crippen molar-refractivity contribution >= 4 is 17.5 Å². The van der Waals surface area contributed by atoms with Crippen LogP contribution in [0.3, 0.4) is 0 Å². The number of benzene rings is 1. The van der Waals surface area contributed by atoms with Gasteiger partial charge in [-0.15, -0.1) is 0 Å². The molecule has 0 bridgehead atoms. The van der Waals surface area contributed by atoms with Crippen molar-refractivity contribution in [1.29, 1.82) is 0 Å². The Morgan fingerprint density at radius 1 is 1.04 bits per heavy atom. The summed E-state index contributed by atoms with van der Waals surface area (Å²) in [5.41, 5.74) is 2.69. The Balaban J connectivity index is 1.67. The number of carbonyl (C=O) groups excluding carboxylic acids is 2. The van der Waals surface area contributed by atoms with E-state index in [4.69, 9.17) is 0 Å². The van der Waals surface area contributed by atoms with E-state index in [1.807, 2.05) is 31.3 Å². The van der Waals surface area contributed by atoms with Crippen LogP contribution in [0.25, 0.3) is 0 Å². The van der Waals surface area contributed by atoms with Crippen molar-refractivity contribution in [2.75, 3.05) is 38.1 Å². The molecule has 1 aliphatic heterocycles. The first-order chi connectivity index (χ1) is 12.5. The summed E-state index contributed by atoms with van der Waals surface area (Å²) < 4.78 is 0. The molecule has 2 aromatic rings. The second-order valence-corrected chi connectivity index (χ2v) is 6.57. The molecule has 3 rings (SSSR count). The smallest absolute Gasteiger partial charge is 0.255 e. The molecule has 1 fully saturated rings. The van der Waals surface area contributed by atoms with E-state index in [1.54, 1.807) is 29.1 Å². The van der Waals surface area contributed by atoms with Crippen molar-refractivity contribution in [3.05, 3.63) is 59.9 Å². The minimum Gasteiger partial charge on any atom is -0.369 e. The Morgan fingerprint density at radius 2 is 1.69 bits per heavy atom. The molecule has 2 amide bonds. The van der Waals surface area contributed by atoms with E-state index in [9.17, 15) is 9.59 Å². The highest BCUT2D eigenvalue weighted by Gasteiger charge is 2.23. The van der Waals surface area contributed by atoms with Crippen LogP contribution < -0.4 is 4.90 Å². The van der Waals surface area contributed by atoms with Crippen LogP contribution in [-0.4, -0.2) is 59.8 Å². The lowest BCUT2D eigenvalue weighted by Crippen LogP contribution is -2.50. The summed E-state index contributed by atoms with van der Waals surface area (Å²) in [5, 5.41) is 0. The van der Waals surface area contributed by atoms with Gasteiger partial charge in [0.25, 0.3) is 5.91 Å². The third-order valence-corrected chi connectivity index (χ3v) is 4.69. The fourth-order valence-electron chi connectivity index (χ4n) is 3.11. The van der Waals surface area contributed by atoms with Gasteiger partial charge in [-0.2, -0.15) is 0 Å². The first-order valence-electron chi connectivity index (χ1n) is 8.79. The van der Waals surface area contributed by atoms with Gasteiger partial charge in [-0.1, -0.05) is 30.3 Å². The van der Waals surface area contributed by atoms with Crippen LogP contribution in [0.1, 0.15) is 22.8 Å². The molecule has 0 radical (unpaired) electrons. The molecule has 1 aliphatic rings. The monoisotopic (exact) mass is 352 g/mol. The highest BCUT2D eigenvalue weighted by atomic mass is 16.2. The van der Waals surface area contributed by atoms with E-state index < -0.39 is 0 Å². The fraction of sp³-hybridized carbons (Fsp3) is 0.350. The van der Waals surface area contributed by atoms with Gasteiger partial charge in [0.15, 0.2) is 0 Å². The lowest BCUT2D eigenvalue weighted by molar-refractivity contribution is -0.130. The van der Waals surface area contributed by atoms with Crippen molar-refractivity contribution < 1.29 is 9.59 Å². The van der Waals surface area contributed by atoms with Crippen molar-refractivity contribution in [2.24, 2.45) is 0 Å². The summed E-state index contributed by atoms with van der Waals surface area (Å²) in [4.78, 5) is 34.1. The molecule has 26 heavy (non-hydrogen) atoms. The van der Waals surface area contributed by atoms with Crippen molar-refractivity contribution in [1.82, 2.24) is 14.8 Å². The Hall–Kier alpha value is -2.89. The van der Waals surface area contributed by atoms with Crippen LogP contribution >= 0.6 is 0 Å². The Bertz CT molecular complexity index is 770. The third kappa shape index (κ3) is 4.20. The quantitative estimate of drug-likeness (QED) is 0.845. The molecule has 0 aliphatic carbocycles. The predicted molar refractivity (Wildman–Crippen MR) is 101 cm³/mol. The topological polar surface area (TPSA) is 56.8 Å². The molecule has 6 heteroatoms. The Morgan fingerprint density at radius 3 is 2.35 bits per heavy atom. The lowest BCUT2D eigenvalue weighted by Gasteiger charge is -2.34. The maximum Gasteiger partial charge on any atom is 0.255 e. The van der Waals surface area contributed by atoms with E-state index in [0.29, 0.717) is 31.7 Å². The summed E-state index contributed by atoms with van der Waals surface area (Å²) in [6.45, 7) is 4.60. The van der Waals surface area contributed by atoms with Crippen molar-refractivity contribution in [3.8, 4) is 0 Å².